The first kappa shape index (κ1) is 6.54. The van der Waals surface area contributed by atoms with Crippen molar-refractivity contribution in [3.63, 3.8) is 0 Å². The van der Waals surface area contributed by atoms with Gasteiger partial charge in [-0.2, -0.15) is 0 Å². The zero-order valence-electron chi connectivity index (χ0n) is 2.90. The van der Waals surface area contributed by atoms with Crippen molar-refractivity contribution in [2.75, 3.05) is 0 Å². The third-order valence-electron chi connectivity index (χ3n) is 0. The molecular weight excluding hydrogens is 277 g/mol. The fourth-order valence-electron chi connectivity index (χ4n) is 0. The molecular formula is O6Ta. The summed E-state index contributed by atoms with van der Waals surface area (Å²) in [4.78, 5) is 0. The van der Waals surface area contributed by atoms with Gasteiger partial charge in [0.2, 0.25) is 0 Å². The number of hydrogen-bond acceptors (Lipinski definition) is 6. The van der Waals surface area contributed by atoms with Gasteiger partial charge in [0.05, 0.1) is 0 Å². The van der Waals surface area contributed by atoms with Crippen LogP contribution in [0.15, 0.2) is 0 Å². The Balaban J connectivity index is 8.86. The Bertz CT molecular complexity index is 432. The standard InChI is InChI=1S/6O.Ta. The summed E-state index contributed by atoms with van der Waals surface area (Å²) < 4.78 is 52.1. The summed E-state index contributed by atoms with van der Waals surface area (Å²) in [6.45, 7) is 0. The van der Waals surface area contributed by atoms with Crippen LogP contribution in [0.3, 0.4) is 0 Å². The van der Waals surface area contributed by atoms with Gasteiger partial charge in [-0.1, -0.05) is 0 Å². The second-order valence-corrected chi connectivity index (χ2v) is 9.15. The van der Waals surface area contributed by atoms with Crippen molar-refractivity contribution in [2.45, 2.75) is 0 Å². The second-order valence-electron chi connectivity index (χ2n) is 1.12. The van der Waals surface area contributed by atoms with Crippen LogP contribution in [0, 0.1) is 0 Å². The predicted molar refractivity (Wildman–Crippen MR) is 4.12 cm³/mol. The topological polar surface area (TPSA) is 102 Å². The van der Waals surface area contributed by atoms with Crippen LogP contribution in [-0.4, -0.2) is 0 Å². The van der Waals surface area contributed by atoms with Crippen molar-refractivity contribution in [3.8, 4) is 0 Å². The van der Waals surface area contributed by atoms with Crippen molar-refractivity contribution < 1.29 is 33.8 Å². The minimum absolute atomic E-state index is 8.69. The van der Waals surface area contributed by atoms with E-state index in [2.05, 4.69) is 0 Å². The van der Waals surface area contributed by atoms with Crippen molar-refractivity contribution in [1.29, 1.82) is 0 Å². The Morgan fingerprint density at radius 2 is 0.571 bits per heavy atom. The molecule has 0 fully saturated rings. The molecule has 0 aromatic carbocycles. The zero-order valence-corrected chi connectivity index (χ0v) is 6.11. The summed E-state index contributed by atoms with van der Waals surface area (Å²) in [6, 6.07) is 0. The van der Waals surface area contributed by atoms with Gasteiger partial charge in [0.15, 0.2) is 0 Å². The molecule has 0 aliphatic rings. The number of rotatable bonds is 0. The van der Waals surface area contributed by atoms with Gasteiger partial charge < -0.3 is 0 Å². The van der Waals surface area contributed by atoms with Crippen LogP contribution in [0.1, 0.15) is 0 Å². The summed E-state index contributed by atoms with van der Waals surface area (Å²) in [7, 11) is 0. The molecule has 7 heteroatoms. The van der Waals surface area contributed by atoms with Crippen LogP contribution in [0.5, 0.6) is 0 Å². The monoisotopic (exact) mass is 277 g/mol. The summed E-state index contributed by atoms with van der Waals surface area (Å²) in [6.07, 6.45) is 0. The molecule has 41 valence electrons. The molecule has 0 aliphatic heterocycles. The van der Waals surface area contributed by atoms with E-state index in [1.54, 1.807) is 0 Å². The van der Waals surface area contributed by atoms with E-state index < -0.39 is 14.3 Å². The molecule has 0 spiro atoms. The molecule has 0 aromatic rings. The SMILES string of the molecule is [O]=[Ta](=[O])(=[O])(=[O])(=[O])=[O]. The molecule has 0 N–H and O–H groups in total. The maximum absolute atomic E-state index is 9.85. The molecule has 0 saturated heterocycles. The van der Waals surface area contributed by atoms with Gasteiger partial charge in [-0.15, -0.1) is 0 Å². The fourth-order valence-corrected chi connectivity index (χ4v) is 0. The second kappa shape index (κ2) is 0.540. The fraction of sp³-hybridized carbons (Fsp3) is 0. The third kappa shape index (κ3) is 329. The van der Waals surface area contributed by atoms with Crippen molar-refractivity contribution in [3.05, 3.63) is 0 Å². The molecule has 0 unspecified atom stereocenters. The first-order valence-electron chi connectivity index (χ1n) is 1.10. The Morgan fingerprint density at radius 1 is 0.571 bits per heavy atom. The molecule has 0 atom stereocenters. The van der Waals surface area contributed by atoms with Gasteiger partial charge in [-0.05, 0) is 0 Å². The predicted octanol–water partition coefficient (Wildman–Crippen LogP) is -0.715. The van der Waals surface area contributed by atoms with E-state index in [1.807, 2.05) is 0 Å². The van der Waals surface area contributed by atoms with Gasteiger partial charge in [-0.3, -0.25) is 0 Å². The van der Waals surface area contributed by atoms with Crippen LogP contribution < -0.4 is 0 Å². The van der Waals surface area contributed by atoms with Gasteiger partial charge in [0.1, 0.15) is 0 Å². The first-order valence-corrected chi connectivity index (χ1v) is 8.97. The molecule has 6 nitrogen and oxygen atoms in total. The van der Waals surface area contributed by atoms with Crippen LogP contribution >= 0.6 is 0 Å². The van der Waals surface area contributed by atoms with Gasteiger partial charge in [0, 0.05) is 0 Å². The van der Waals surface area contributed by atoms with Crippen molar-refractivity contribution >= 4 is 0 Å². The van der Waals surface area contributed by atoms with Crippen LogP contribution in [0.25, 0.3) is 0 Å². The van der Waals surface area contributed by atoms with Gasteiger partial charge in [-0.25, -0.2) is 0 Å². The van der Waals surface area contributed by atoms with Crippen LogP contribution in [0.4, 0.5) is 0 Å². The Labute approximate surface area is 34.5 Å². The van der Waals surface area contributed by atoms with Gasteiger partial charge in [0.25, 0.3) is 0 Å². The Hall–Kier alpha value is -0.460. The van der Waals surface area contributed by atoms with E-state index in [4.69, 9.17) is 19.5 Å². The summed E-state index contributed by atoms with van der Waals surface area (Å²) in [5.74, 6) is 0. The number of hydrogen-bond donors (Lipinski definition) is 0. The summed E-state index contributed by atoms with van der Waals surface area (Å²) >= 11 is -9.85. The van der Waals surface area contributed by atoms with E-state index in [0.717, 1.165) is 0 Å². The summed E-state index contributed by atoms with van der Waals surface area (Å²) in [5.41, 5.74) is 0. The minimum atomic E-state index is -9.85. The summed E-state index contributed by atoms with van der Waals surface area (Å²) in [5, 5.41) is 0. The average Bonchev–Trinajstić information content (AvgIpc) is 0.592. The van der Waals surface area contributed by atoms with Gasteiger partial charge >= 0.3 is 33.8 Å². The van der Waals surface area contributed by atoms with E-state index >= 15 is 0 Å². The molecule has 0 amide bonds. The molecule has 0 radical (unpaired) electrons. The van der Waals surface area contributed by atoms with Crippen molar-refractivity contribution in [1.82, 2.24) is 0 Å². The first-order chi connectivity index (χ1) is 2.45. The van der Waals surface area contributed by atoms with E-state index in [1.165, 1.54) is 0 Å². The molecule has 7 heavy (non-hydrogen) atoms. The van der Waals surface area contributed by atoms with Crippen molar-refractivity contribution in [2.24, 2.45) is 0 Å². The Morgan fingerprint density at radius 3 is 0.571 bits per heavy atom. The van der Waals surface area contributed by atoms with E-state index in [0.29, 0.717) is 0 Å². The zero-order chi connectivity index (χ0) is 6.41. The van der Waals surface area contributed by atoms with Crippen LogP contribution in [0.2, 0.25) is 0 Å². The molecule has 0 heterocycles. The molecule has 0 aliphatic carbocycles. The van der Waals surface area contributed by atoms with Crippen LogP contribution in [-0.2, 0) is 33.8 Å². The normalized spacial score (nSPS) is 12.0. The molecule has 0 aromatic heterocycles. The maximum atomic E-state index is 8.69. The molecule has 0 bridgehead atoms. The average molecular weight is 277 g/mol. The molecule has 0 saturated carbocycles. The van der Waals surface area contributed by atoms with E-state index in [-0.39, 0.29) is 0 Å². The third-order valence-corrected chi connectivity index (χ3v) is 0. The quantitative estimate of drug-likeness (QED) is 0.579. The molecule has 0 rings (SSSR count). The van der Waals surface area contributed by atoms with E-state index in [9.17, 15) is 0 Å². The Kier molecular flexibility index (Phi) is 0.505.